The maximum Gasteiger partial charge on any atom is 0.307 e. The number of carbonyl (C=O) groups excluding carboxylic acids is 2. The van der Waals surface area contributed by atoms with Crippen LogP contribution in [-0.4, -0.2) is 30.0 Å². The number of nitrogens with zero attached hydrogens (tertiary/aromatic N) is 1. The number of rotatable bonds is 7. The molecule has 1 aromatic carbocycles. The number of para-hydroxylation sites is 1. The second-order valence-corrected chi connectivity index (χ2v) is 6.29. The number of hydrogen-bond acceptors (Lipinski definition) is 5. The Bertz CT molecular complexity index is 621. The first-order valence-electron chi connectivity index (χ1n) is 7.29. The molecule has 1 aromatic heterocycles. The van der Waals surface area contributed by atoms with Gasteiger partial charge >= 0.3 is 5.97 Å². The van der Waals surface area contributed by atoms with Crippen LogP contribution in [0.4, 0.5) is 0 Å². The topological polar surface area (TPSA) is 68.3 Å². The van der Waals surface area contributed by atoms with Gasteiger partial charge in [-0.2, -0.15) is 0 Å². The molecule has 2 aromatic rings. The predicted octanol–water partition coefficient (Wildman–Crippen LogP) is 2.69. The number of methoxy groups -OCH3 is 1. The second kappa shape index (κ2) is 7.89. The van der Waals surface area contributed by atoms with Crippen LogP contribution in [0.1, 0.15) is 31.2 Å². The Labute approximate surface area is 133 Å². The lowest BCUT2D eigenvalue weighted by atomic mass is 10.2. The van der Waals surface area contributed by atoms with Crippen molar-refractivity contribution in [3.63, 3.8) is 0 Å². The Balaban J connectivity index is 1.73. The van der Waals surface area contributed by atoms with Gasteiger partial charge in [-0.15, -0.1) is 11.3 Å². The minimum atomic E-state index is -0.317. The Morgan fingerprint density at radius 3 is 2.86 bits per heavy atom. The van der Waals surface area contributed by atoms with Gasteiger partial charge in [0.2, 0.25) is 5.91 Å². The van der Waals surface area contributed by atoms with E-state index >= 15 is 0 Å². The van der Waals surface area contributed by atoms with Gasteiger partial charge in [-0.25, -0.2) is 4.98 Å². The van der Waals surface area contributed by atoms with Gasteiger partial charge in [0.25, 0.3) is 0 Å². The van der Waals surface area contributed by atoms with Crippen molar-refractivity contribution in [3.8, 4) is 0 Å². The summed E-state index contributed by atoms with van der Waals surface area (Å²) in [5, 5.41) is 3.85. The van der Waals surface area contributed by atoms with Crippen LogP contribution < -0.4 is 5.32 Å². The standard InChI is InChI=1S/C16H20N2O3S/c1-11(10-16(20)21-2)17-14(19)8-5-9-15-18-12-6-3-4-7-13(12)22-15/h3-4,6-7,11H,5,8-10H2,1-2H3,(H,17,19). The van der Waals surface area contributed by atoms with E-state index in [1.54, 1.807) is 18.3 Å². The van der Waals surface area contributed by atoms with Crippen molar-refractivity contribution in [2.45, 2.75) is 38.6 Å². The normalized spacial score (nSPS) is 12.1. The Morgan fingerprint density at radius 1 is 1.36 bits per heavy atom. The van der Waals surface area contributed by atoms with E-state index in [0.717, 1.165) is 23.4 Å². The van der Waals surface area contributed by atoms with Crippen molar-refractivity contribution in [3.05, 3.63) is 29.3 Å². The number of aromatic nitrogens is 1. The molecule has 0 radical (unpaired) electrons. The number of fused-ring (bicyclic) bond motifs is 1. The number of thiazole rings is 1. The molecule has 6 heteroatoms. The van der Waals surface area contributed by atoms with Crippen LogP contribution in [0.15, 0.2) is 24.3 Å². The zero-order chi connectivity index (χ0) is 15.9. The van der Waals surface area contributed by atoms with E-state index in [1.807, 2.05) is 18.2 Å². The average Bonchev–Trinajstić information content (AvgIpc) is 2.89. The number of hydrogen-bond donors (Lipinski definition) is 1. The molecule has 22 heavy (non-hydrogen) atoms. The molecule has 2 rings (SSSR count). The Kier molecular flexibility index (Phi) is 5.89. The summed E-state index contributed by atoms with van der Waals surface area (Å²) in [6.45, 7) is 1.79. The molecule has 118 valence electrons. The number of amides is 1. The van der Waals surface area contributed by atoms with Crippen LogP contribution >= 0.6 is 11.3 Å². The summed E-state index contributed by atoms with van der Waals surface area (Å²) in [6, 6.07) is 7.82. The summed E-state index contributed by atoms with van der Waals surface area (Å²) in [5.41, 5.74) is 1.01. The quantitative estimate of drug-likeness (QED) is 0.796. The van der Waals surface area contributed by atoms with Crippen LogP contribution in [0.25, 0.3) is 10.2 Å². The predicted molar refractivity (Wildman–Crippen MR) is 86.8 cm³/mol. The number of aryl methyl sites for hydroxylation is 1. The molecule has 0 spiro atoms. The molecule has 0 saturated heterocycles. The SMILES string of the molecule is COC(=O)CC(C)NC(=O)CCCc1nc2ccccc2s1. The van der Waals surface area contributed by atoms with Gasteiger partial charge in [-0.05, 0) is 31.9 Å². The van der Waals surface area contributed by atoms with Crippen molar-refractivity contribution in [1.82, 2.24) is 10.3 Å². The van der Waals surface area contributed by atoms with E-state index < -0.39 is 0 Å². The molecule has 1 amide bonds. The van der Waals surface area contributed by atoms with Gasteiger partial charge < -0.3 is 10.1 Å². The maximum absolute atomic E-state index is 11.8. The molecule has 0 aliphatic rings. The fourth-order valence-electron chi connectivity index (χ4n) is 2.16. The second-order valence-electron chi connectivity index (χ2n) is 5.18. The highest BCUT2D eigenvalue weighted by Gasteiger charge is 2.12. The summed E-state index contributed by atoms with van der Waals surface area (Å²) in [5.74, 6) is -0.361. The lowest BCUT2D eigenvalue weighted by Gasteiger charge is -2.12. The monoisotopic (exact) mass is 320 g/mol. The Hall–Kier alpha value is -1.95. The first kappa shape index (κ1) is 16.4. The molecular weight excluding hydrogens is 300 g/mol. The van der Waals surface area contributed by atoms with E-state index in [1.165, 1.54) is 11.8 Å². The lowest BCUT2D eigenvalue weighted by Crippen LogP contribution is -2.34. The number of esters is 1. The van der Waals surface area contributed by atoms with Gasteiger partial charge in [0.05, 0.1) is 28.8 Å². The van der Waals surface area contributed by atoms with E-state index in [-0.39, 0.29) is 24.3 Å². The number of carbonyl (C=O) groups is 2. The first-order chi connectivity index (χ1) is 10.6. The average molecular weight is 320 g/mol. The molecule has 1 unspecified atom stereocenters. The summed E-state index contributed by atoms with van der Waals surface area (Å²) in [4.78, 5) is 27.5. The van der Waals surface area contributed by atoms with Crippen molar-refractivity contribution < 1.29 is 14.3 Å². The molecule has 0 aliphatic heterocycles. The molecular formula is C16H20N2O3S. The molecule has 5 nitrogen and oxygen atoms in total. The third kappa shape index (κ3) is 4.80. The summed E-state index contributed by atoms with van der Waals surface area (Å²) >= 11 is 1.67. The molecule has 1 heterocycles. The van der Waals surface area contributed by atoms with E-state index in [9.17, 15) is 9.59 Å². The summed E-state index contributed by atoms with van der Waals surface area (Å²) in [6.07, 6.45) is 2.16. The first-order valence-corrected chi connectivity index (χ1v) is 8.10. The van der Waals surface area contributed by atoms with Gasteiger partial charge in [0.15, 0.2) is 0 Å². The number of nitrogens with one attached hydrogen (secondary N) is 1. The number of ether oxygens (including phenoxy) is 1. The maximum atomic E-state index is 11.8. The molecule has 0 fully saturated rings. The molecule has 1 N–H and O–H groups in total. The zero-order valence-electron chi connectivity index (χ0n) is 12.8. The number of benzene rings is 1. The Morgan fingerprint density at radius 2 is 2.14 bits per heavy atom. The van der Waals surface area contributed by atoms with E-state index in [2.05, 4.69) is 21.1 Å². The summed E-state index contributed by atoms with van der Waals surface area (Å²) in [7, 11) is 1.34. The lowest BCUT2D eigenvalue weighted by molar-refractivity contribution is -0.141. The third-order valence-electron chi connectivity index (χ3n) is 3.24. The van der Waals surface area contributed by atoms with Gasteiger partial charge in [0.1, 0.15) is 0 Å². The van der Waals surface area contributed by atoms with Crippen molar-refractivity contribution in [2.24, 2.45) is 0 Å². The van der Waals surface area contributed by atoms with Crippen molar-refractivity contribution in [1.29, 1.82) is 0 Å². The van der Waals surface area contributed by atoms with Crippen molar-refractivity contribution in [2.75, 3.05) is 7.11 Å². The zero-order valence-corrected chi connectivity index (χ0v) is 13.6. The fourth-order valence-corrected chi connectivity index (χ4v) is 3.17. The summed E-state index contributed by atoms with van der Waals surface area (Å²) < 4.78 is 5.75. The smallest absolute Gasteiger partial charge is 0.307 e. The van der Waals surface area contributed by atoms with Gasteiger partial charge in [0, 0.05) is 12.5 Å². The van der Waals surface area contributed by atoms with Gasteiger partial charge in [-0.3, -0.25) is 9.59 Å². The van der Waals surface area contributed by atoms with Crippen LogP contribution in [0.5, 0.6) is 0 Å². The third-order valence-corrected chi connectivity index (χ3v) is 4.34. The minimum Gasteiger partial charge on any atom is -0.469 e. The van der Waals surface area contributed by atoms with Crippen LogP contribution in [0.2, 0.25) is 0 Å². The van der Waals surface area contributed by atoms with Crippen LogP contribution in [0.3, 0.4) is 0 Å². The highest BCUT2D eigenvalue weighted by atomic mass is 32.1. The minimum absolute atomic E-state index is 0.0440. The van der Waals surface area contributed by atoms with Gasteiger partial charge in [-0.1, -0.05) is 12.1 Å². The molecule has 1 atom stereocenters. The van der Waals surface area contributed by atoms with E-state index in [0.29, 0.717) is 6.42 Å². The van der Waals surface area contributed by atoms with Crippen molar-refractivity contribution >= 4 is 33.4 Å². The molecule has 0 aliphatic carbocycles. The molecule has 0 saturated carbocycles. The fraction of sp³-hybridized carbons (Fsp3) is 0.438. The molecule has 0 bridgehead atoms. The van der Waals surface area contributed by atoms with Crippen LogP contribution in [0, 0.1) is 0 Å². The highest BCUT2D eigenvalue weighted by molar-refractivity contribution is 7.18. The van der Waals surface area contributed by atoms with Crippen LogP contribution in [-0.2, 0) is 20.7 Å². The van der Waals surface area contributed by atoms with E-state index in [4.69, 9.17) is 0 Å². The highest BCUT2D eigenvalue weighted by Crippen LogP contribution is 2.22. The largest absolute Gasteiger partial charge is 0.469 e.